The Labute approximate surface area is 93.0 Å². The molecule has 1 heterocycles. The van der Waals surface area contributed by atoms with E-state index in [1.807, 2.05) is 6.92 Å². The topological polar surface area (TPSA) is 32.3 Å². The molecule has 1 rings (SSSR count). The van der Waals surface area contributed by atoms with Crippen molar-refractivity contribution in [3.05, 3.63) is 0 Å². The number of nitrogens with zero attached hydrogens (tertiary/aromatic N) is 1. The minimum Gasteiger partial charge on any atom is -0.329 e. The number of rotatable bonds is 5. The van der Waals surface area contributed by atoms with Crippen molar-refractivity contribution >= 4 is 5.91 Å². The highest BCUT2D eigenvalue weighted by atomic mass is 19.4. The molecule has 1 aliphatic heterocycles. The summed E-state index contributed by atoms with van der Waals surface area (Å²) in [5, 5.41) is 3.00. The van der Waals surface area contributed by atoms with Crippen molar-refractivity contribution in [3.63, 3.8) is 0 Å². The van der Waals surface area contributed by atoms with E-state index in [1.165, 1.54) is 4.90 Å². The molecule has 0 spiro atoms. The molecule has 0 saturated carbocycles. The Bertz CT molecular complexity index is 243. The number of hydrogen-bond donors (Lipinski definition) is 1. The van der Waals surface area contributed by atoms with Gasteiger partial charge in [0, 0.05) is 13.0 Å². The predicted molar refractivity (Wildman–Crippen MR) is 53.7 cm³/mol. The van der Waals surface area contributed by atoms with Crippen LogP contribution in [-0.2, 0) is 4.79 Å². The third kappa shape index (κ3) is 4.00. The van der Waals surface area contributed by atoms with Crippen LogP contribution < -0.4 is 5.32 Å². The number of carbonyl (C=O) groups excluding carboxylic acids is 1. The van der Waals surface area contributed by atoms with Gasteiger partial charge in [0.25, 0.3) is 0 Å². The molecule has 1 aliphatic rings. The molecule has 3 nitrogen and oxygen atoms in total. The van der Waals surface area contributed by atoms with E-state index in [1.54, 1.807) is 0 Å². The van der Waals surface area contributed by atoms with E-state index in [0.29, 0.717) is 6.67 Å². The van der Waals surface area contributed by atoms with Crippen LogP contribution in [0, 0.1) is 0 Å². The second kappa shape index (κ2) is 5.52. The maximum atomic E-state index is 11.9. The van der Waals surface area contributed by atoms with E-state index < -0.39 is 12.6 Å². The molecule has 1 N–H and O–H groups in total. The Hall–Kier alpha value is -0.780. The second-order valence-electron chi connectivity index (χ2n) is 4.02. The van der Waals surface area contributed by atoms with Crippen molar-refractivity contribution < 1.29 is 18.0 Å². The Morgan fingerprint density at radius 1 is 1.50 bits per heavy atom. The summed E-state index contributed by atoms with van der Waals surface area (Å²) in [7, 11) is 0. The first-order chi connectivity index (χ1) is 7.44. The van der Waals surface area contributed by atoms with E-state index in [9.17, 15) is 18.0 Å². The molecule has 0 aromatic heterocycles. The van der Waals surface area contributed by atoms with Crippen molar-refractivity contribution in [2.45, 2.75) is 44.8 Å². The Balaban J connectivity index is 2.27. The standard InChI is InChI=1S/C10H17F3N2O/c1-2-4-8-9(16)15(7-14-8)6-3-5-10(11,12)13/h8,14H,2-7H2,1H3. The van der Waals surface area contributed by atoms with E-state index in [0.717, 1.165) is 12.8 Å². The van der Waals surface area contributed by atoms with Gasteiger partial charge >= 0.3 is 6.18 Å². The molecule has 1 fully saturated rings. The first kappa shape index (κ1) is 13.3. The van der Waals surface area contributed by atoms with Crippen LogP contribution in [0.15, 0.2) is 0 Å². The lowest BCUT2D eigenvalue weighted by Gasteiger charge is -2.15. The monoisotopic (exact) mass is 238 g/mol. The minimum absolute atomic E-state index is 0.0181. The SMILES string of the molecule is CCCC1NCN(CCCC(F)(F)F)C1=O. The van der Waals surface area contributed by atoms with Gasteiger partial charge in [0.1, 0.15) is 0 Å². The van der Waals surface area contributed by atoms with E-state index in [-0.39, 0.29) is 24.9 Å². The van der Waals surface area contributed by atoms with Crippen LogP contribution in [0.3, 0.4) is 0 Å². The Morgan fingerprint density at radius 2 is 2.19 bits per heavy atom. The van der Waals surface area contributed by atoms with Crippen LogP contribution in [0.1, 0.15) is 32.6 Å². The fraction of sp³-hybridized carbons (Fsp3) is 0.900. The lowest BCUT2D eigenvalue weighted by atomic mass is 10.1. The molecular formula is C10H17F3N2O. The highest BCUT2D eigenvalue weighted by molar-refractivity contribution is 5.83. The molecule has 1 atom stereocenters. The van der Waals surface area contributed by atoms with Gasteiger partial charge in [-0.1, -0.05) is 13.3 Å². The van der Waals surface area contributed by atoms with E-state index in [2.05, 4.69) is 5.32 Å². The number of hydrogen-bond acceptors (Lipinski definition) is 2. The van der Waals surface area contributed by atoms with Crippen molar-refractivity contribution in [1.82, 2.24) is 10.2 Å². The molecule has 0 aromatic carbocycles. The van der Waals surface area contributed by atoms with Crippen molar-refractivity contribution in [1.29, 1.82) is 0 Å². The fourth-order valence-electron chi connectivity index (χ4n) is 1.78. The van der Waals surface area contributed by atoms with Crippen molar-refractivity contribution in [2.75, 3.05) is 13.2 Å². The molecule has 1 saturated heterocycles. The molecule has 16 heavy (non-hydrogen) atoms. The molecule has 0 aromatic rings. The lowest BCUT2D eigenvalue weighted by Crippen LogP contribution is -2.31. The summed E-state index contributed by atoms with van der Waals surface area (Å²) in [6, 6.07) is -0.198. The molecule has 94 valence electrons. The smallest absolute Gasteiger partial charge is 0.329 e. The minimum atomic E-state index is -4.13. The zero-order valence-corrected chi connectivity index (χ0v) is 9.31. The van der Waals surface area contributed by atoms with Crippen LogP contribution in [0.5, 0.6) is 0 Å². The second-order valence-corrected chi connectivity index (χ2v) is 4.02. The van der Waals surface area contributed by atoms with Gasteiger partial charge in [-0.2, -0.15) is 13.2 Å². The quantitative estimate of drug-likeness (QED) is 0.793. The third-order valence-corrected chi connectivity index (χ3v) is 2.60. The van der Waals surface area contributed by atoms with Gasteiger partial charge in [-0.25, -0.2) is 0 Å². The normalized spacial score (nSPS) is 21.9. The van der Waals surface area contributed by atoms with Gasteiger partial charge in [0.05, 0.1) is 12.7 Å². The van der Waals surface area contributed by atoms with Crippen molar-refractivity contribution in [2.24, 2.45) is 0 Å². The van der Waals surface area contributed by atoms with Gasteiger partial charge in [0.15, 0.2) is 0 Å². The summed E-state index contributed by atoms with van der Waals surface area (Å²) in [6.07, 6.45) is -3.33. The summed E-state index contributed by atoms with van der Waals surface area (Å²) in [6.45, 7) is 2.54. The average Bonchev–Trinajstić information content (AvgIpc) is 2.48. The molecule has 0 aliphatic carbocycles. The van der Waals surface area contributed by atoms with E-state index >= 15 is 0 Å². The first-order valence-electron chi connectivity index (χ1n) is 5.53. The summed E-state index contributed by atoms with van der Waals surface area (Å²) in [5.41, 5.74) is 0. The largest absolute Gasteiger partial charge is 0.389 e. The summed E-state index contributed by atoms with van der Waals surface area (Å²) >= 11 is 0. The average molecular weight is 238 g/mol. The maximum absolute atomic E-state index is 11.9. The van der Waals surface area contributed by atoms with E-state index in [4.69, 9.17) is 0 Å². The molecular weight excluding hydrogens is 221 g/mol. The van der Waals surface area contributed by atoms with Gasteiger partial charge in [-0.05, 0) is 12.8 Å². The highest BCUT2D eigenvalue weighted by Gasteiger charge is 2.31. The van der Waals surface area contributed by atoms with Crippen molar-refractivity contribution in [3.8, 4) is 0 Å². The van der Waals surface area contributed by atoms with Crippen LogP contribution in [0.4, 0.5) is 13.2 Å². The molecule has 6 heteroatoms. The van der Waals surface area contributed by atoms with Crippen LogP contribution in [0.2, 0.25) is 0 Å². The number of halogens is 3. The first-order valence-corrected chi connectivity index (χ1v) is 5.53. The van der Waals surface area contributed by atoms with Crippen LogP contribution >= 0.6 is 0 Å². The zero-order valence-electron chi connectivity index (χ0n) is 9.31. The molecule has 0 bridgehead atoms. The summed E-state index contributed by atoms with van der Waals surface area (Å²) in [5.74, 6) is -0.0657. The predicted octanol–water partition coefficient (Wildman–Crippen LogP) is 1.89. The molecule has 1 unspecified atom stereocenters. The highest BCUT2D eigenvalue weighted by Crippen LogP contribution is 2.21. The number of carbonyl (C=O) groups is 1. The van der Waals surface area contributed by atoms with Crippen LogP contribution in [-0.4, -0.2) is 36.2 Å². The Kier molecular flexibility index (Phi) is 4.58. The van der Waals surface area contributed by atoms with Crippen LogP contribution in [0.25, 0.3) is 0 Å². The number of amides is 1. The summed E-state index contributed by atoms with van der Waals surface area (Å²) < 4.78 is 35.7. The Morgan fingerprint density at radius 3 is 2.75 bits per heavy atom. The molecule has 0 radical (unpaired) electrons. The maximum Gasteiger partial charge on any atom is 0.389 e. The lowest BCUT2D eigenvalue weighted by molar-refractivity contribution is -0.139. The number of nitrogens with one attached hydrogen (secondary N) is 1. The van der Waals surface area contributed by atoms with Gasteiger partial charge in [-0.15, -0.1) is 0 Å². The fourth-order valence-corrected chi connectivity index (χ4v) is 1.78. The zero-order chi connectivity index (χ0) is 12.2. The summed E-state index contributed by atoms with van der Waals surface area (Å²) in [4.78, 5) is 13.1. The number of alkyl halides is 3. The molecule has 1 amide bonds. The van der Waals surface area contributed by atoms with Gasteiger partial charge in [0.2, 0.25) is 5.91 Å². The van der Waals surface area contributed by atoms with Gasteiger partial charge < -0.3 is 4.90 Å². The van der Waals surface area contributed by atoms with Gasteiger partial charge in [-0.3, -0.25) is 10.1 Å². The third-order valence-electron chi connectivity index (χ3n) is 2.60.